The van der Waals surface area contributed by atoms with Crippen molar-refractivity contribution in [1.29, 1.82) is 0 Å². The SMILES string of the molecule is C=CC1=NN(c2ccccc2)C(=O)/C1=C\c1c(O)c(O)c(C(C)C)c2cc(C)c(-c3c(C)cc4c(C(C)C)c(O)c(O)c(C=O)c4c3O)c(O)c12.C=CC1=NN(c2ccccc2)C(=O)C1.CC(=O)O.Cc1cc2c(C(C)C)c(O)c(O)c(C=O)c2c(O)c1-c1c(C)cc2c(C(C)C)c(O)c(O)c(C=O)c2c1O. The minimum absolute atomic E-state index is 0.00512. The third-order valence-corrected chi connectivity index (χ3v) is 18.8. The number of carboxylic acid groups (broad SMARTS) is 1. The number of para-hydroxylation sites is 2. The summed E-state index contributed by atoms with van der Waals surface area (Å²) in [7, 11) is 0. The van der Waals surface area contributed by atoms with Crippen molar-refractivity contribution in [2.24, 2.45) is 10.2 Å². The number of hydrogen-bond donors (Lipinski definition) is 13. The molecule has 2 amide bonds. The average molecular weight is 1450 g/mol. The Morgan fingerprint density at radius 1 is 0.421 bits per heavy atom. The number of aromatic hydroxyl groups is 12. The third kappa shape index (κ3) is 13.7. The van der Waals surface area contributed by atoms with Crippen LogP contribution in [0.15, 0.2) is 126 Å². The van der Waals surface area contributed by atoms with Crippen molar-refractivity contribution >= 4 is 109 Å². The summed E-state index contributed by atoms with van der Waals surface area (Å²) in [6, 6.07) is 24.8. The zero-order valence-electron chi connectivity index (χ0n) is 61.0. The Morgan fingerprint density at radius 3 is 0.963 bits per heavy atom. The van der Waals surface area contributed by atoms with Crippen LogP contribution < -0.4 is 10.0 Å². The summed E-state index contributed by atoms with van der Waals surface area (Å²) in [6.45, 7) is 29.7. The summed E-state index contributed by atoms with van der Waals surface area (Å²) < 4.78 is 0. The van der Waals surface area contributed by atoms with Gasteiger partial charge in [-0.25, -0.2) is 5.01 Å². The Bertz CT molecular complexity index is 5410. The Balaban J connectivity index is 0.000000205. The maximum Gasteiger partial charge on any atom is 0.300 e. The van der Waals surface area contributed by atoms with Crippen LogP contribution in [0.1, 0.15) is 174 Å². The van der Waals surface area contributed by atoms with Crippen LogP contribution in [0.5, 0.6) is 69.0 Å². The second kappa shape index (κ2) is 30.6. The van der Waals surface area contributed by atoms with Gasteiger partial charge < -0.3 is 66.4 Å². The molecule has 0 bridgehead atoms. The van der Waals surface area contributed by atoms with Gasteiger partial charge in [-0.15, -0.1) is 0 Å². The van der Waals surface area contributed by atoms with Gasteiger partial charge in [-0.2, -0.15) is 15.2 Å². The van der Waals surface area contributed by atoms with Crippen molar-refractivity contribution in [2.75, 3.05) is 10.0 Å². The number of rotatable bonds is 14. The number of carboxylic acids is 1. The molecular weight excluding hydrogens is 1370 g/mol. The molecule has 10 aromatic carbocycles. The van der Waals surface area contributed by atoms with Gasteiger partial charge >= 0.3 is 0 Å². The van der Waals surface area contributed by atoms with Crippen LogP contribution in [0.4, 0.5) is 11.4 Å². The molecule has 2 aliphatic rings. The molecule has 0 radical (unpaired) electrons. The van der Waals surface area contributed by atoms with E-state index in [-0.39, 0.29) is 113 Å². The van der Waals surface area contributed by atoms with Gasteiger partial charge in [0.25, 0.3) is 17.8 Å². The topological polar surface area (TPSA) is 397 Å². The molecule has 23 heteroatoms. The highest BCUT2D eigenvalue weighted by atomic mass is 16.4. The van der Waals surface area contributed by atoms with E-state index < -0.39 is 75.1 Å². The number of anilines is 2. The Labute approximate surface area is 615 Å². The minimum Gasteiger partial charge on any atom is -0.507 e. The standard InChI is InChI=1S/C41H38N2O8.C30H30O8.C11H10N2O.C2H4O2/c1-8-28-23(41(51)43(42-28)22-12-10-9-11-13-22)16-26-33-24(29(18(2)3)39(49)35(26)45)14-20(6)31(37(33)47)32-21(7)15-25-30(19(4)5)40(50)36(46)27(17-44)34(25)38(32)48;1-11(2)19-15-7-13(5)21(27(35)23(15)17(9-31)25(33)29(19)37)22-14(6)8-16-20(12(3)4)30(38)26(34)18(10-32)24(16)28(22)36;1-2-9-8-11(14)13(12-9)10-6-4-3-5-7-10;1-2(3)4/h8-19,45-50H,1H2,2-7H3;7-12,33-38H,1-6H3;2-7H,1,8H2;1H3,(H,3,4)/b23-16-;;;. The van der Waals surface area contributed by atoms with Gasteiger partial charge in [-0.3, -0.25) is 28.8 Å². The van der Waals surface area contributed by atoms with Crippen LogP contribution >= 0.6 is 0 Å². The summed E-state index contributed by atoms with van der Waals surface area (Å²) in [5, 5.41) is 155. The van der Waals surface area contributed by atoms with Crippen molar-refractivity contribution in [3.05, 3.63) is 183 Å². The first kappa shape index (κ1) is 78.0. The van der Waals surface area contributed by atoms with E-state index in [9.17, 15) is 85.3 Å². The van der Waals surface area contributed by atoms with Crippen molar-refractivity contribution in [1.82, 2.24) is 0 Å². The second-order valence-corrected chi connectivity index (χ2v) is 27.2. The van der Waals surface area contributed by atoms with Crippen LogP contribution in [0.25, 0.3) is 71.4 Å². The molecule has 0 saturated heterocycles. The number of phenolic OH excluding ortho intramolecular Hbond substituents is 12. The van der Waals surface area contributed by atoms with Gasteiger partial charge in [-0.05, 0) is 138 Å². The van der Waals surface area contributed by atoms with Crippen molar-refractivity contribution in [3.8, 4) is 91.2 Å². The van der Waals surface area contributed by atoms with Crippen molar-refractivity contribution in [2.45, 2.75) is 120 Å². The number of nitrogens with zero attached hydrogens (tertiary/aromatic N) is 4. The lowest BCUT2D eigenvalue weighted by Crippen LogP contribution is -2.21. The largest absolute Gasteiger partial charge is 0.507 e. The fraction of sp³-hybridized carbons (Fsp3) is 0.214. The molecule has 0 atom stereocenters. The Morgan fingerprint density at radius 2 is 0.701 bits per heavy atom. The lowest BCUT2D eigenvalue weighted by molar-refractivity contribution is -0.134. The third-order valence-electron chi connectivity index (χ3n) is 18.8. The molecule has 10 aromatic rings. The molecule has 0 fully saturated rings. The maximum atomic E-state index is 13.8. The molecule has 0 unspecified atom stereocenters. The van der Waals surface area contributed by atoms with Crippen LogP contribution in [0.3, 0.4) is 0 Å². The normalized spacial score (nSPS) is 13.1. The number of amides is 2. The molecule has 0 aliphatic carbocycles. The van der Waals surface area contributed by atoms with E-state index >= 15 is 0 Å². The molecule has 0 saturated carbocycles. The number of aliphatic carboxylic acids is 1. The summed E-state index contributed by atoms with van der Waals surface area (Å²) >= 11 is 0. The van der Waals surface area contributed by atoms with Crippen molar-refractivity contribution in [3.63, 3.8) is 0 Å². The molecule has 107 heavy (non-hydrogen) atoms. The van der Waals surface area contributed by atoms with Crippen LogP contribution in [0.2, 0.25) is 0 Å². The molecule has 2 aliphatic heterocycles. The monoisotopic (exact) mass is 1450 g/mol. The Kier molecular flexibility index (Phi) is 22.3. The number of benzene rings is 10. The van der Waals surface area contributed by atoms with Gasteiger partial charge in [0.1, 0.15) is 23.0 Å². The number of aryl methyl sites for hydroxylation is 4. The van der Waals surface area contributed by atoms with Crippen LogP contribution in [-0.2, 0) is 14.4 Å². The summed E-state index contributed by atoms with van der Waals surface area (Å²) in [6.07, 6.45) is 5.73. The Hall–Kier alpha value is -13.2. The number of carbonyl (C=O) groups is 6. The predicted octanol–water partition coefficient (Wildman–Crippen LogP) is 17.0. The lowest BCUT2D eigenvalue weighted by atomic mass is 9.83. The highest BCUT2D eigenvalue weighted by Gasteiger charge is 2.36. The molecule has 0 spiro atoms. The fourth-order valence-corrected chi connectivity index (χ4v) is 14.2. The molecule has 2 heterocycles. The van der Waals surface area contributed by atoms with Gasteiger partial charge in [0.15, 0.2) is 64.9 Å². The molecular formula is C84H82N4O19. The predicted molar refractivity (Wildman–Crippen MR) is 414 cm³/mol. The van der Waals surface area contributed by atoms with E-state index in [1.165, 1.54) is 22.2 Å². The van der Waals surface area contributed by atoms with E-state index in [1.807, 2.05) is 44.2 Å². The van der Waals surface area contributed by atoms with Gasteiger partial charge in [0.05, 0.1) is 51.5 Å². The molecule has 552 valence electrons. The van der Waals surface area contributed by atoms with Gasteiger partial charge in [-0.1, -0.05) is 129 Å². The molecule has 13 N–H and O–H groups in total. The highest BCUT2D eigenvalue weighted by molar-refractivity contribution is 6.36. The van der Waals surface area contributed by atoms with Crippen molar-refractivity contribution < 1.29 is 95.2 Å². The quantitative estimate of drug-likeness (QED) is 0.0273. The van der Waals surface area contributed by atoms with Gasteiger partial charge in [0, 0.05) is 78.5 Å². The zero-order chi connectivity index (χ0) is 79.1. The van der Waals surface area contributed by atoms with E-state index in [4.69, 9.17) is 9.90 Å². The summed E-state index contributed by atoms with van der Waals surface area (Å²) in [4.78, 5) is 70.6. The van der Waals surface area contributed by atoms with Gasteiger partial charge in [0.2, 0.25) is 0 Å². The number of phenols is 12. The smallest absolute Gasteiger partial charge is 0.300 e. The van der Waals surface area contributed by atoms with Crippen LogP contribution in [-0.4, -0.2) is 114 Å². The fourth-order valence-electron chi connectivity index (χ4n) is 14.2. The maximum absolute atomic E-state index is 13.8. The number of hydrazone groups is 2. The van der Waals surface area contributed by atoms with E-state index in [0.29, 0.717) is 97.0 Å². The van der Waals surface area contributed by atoms with E-state index in [1.54, 1.807) is 130 Å². The number of hydrogen-bond acceptors (Lipinski definition) is 20. The first-order valence-electron chi connectivity index (χ1n) is 33.9. The van der Waals surface area contributed by atoms with Crippen LogP contribution in [0, 0.1) is 27.7 Å². The zero-order valence-corrected chi connectivity index (χ0v) is 61.0. The lowest BCUT2D eigenvalue weighted by Gasteiger charge is -2.23. The minimum atomic E-state index is -0.833. The summed E-state index contributed by atoms with van der Waals surface area (Å²) in [5.74, 6) is -8.51. The molecule has 12 rings (SSSR count). The average Bonchev–Trinajstić information content (AvgIpc) is 1.29. The van der Waals surface area contributed by atoms with E-state index in [0.717, 1.165) is 18.3 Å². The number of aldehydes is 3. The molecule has 0 aromatic heterocycles. The highest BCUT2D eigenvalue weighted by Crippen LogP contribution is 2.58. The number of carbonyl (C=O) groups excluding carboxylic acids is 5. The second-order valence-electron chi connectivity index (χ2n) is 27.2. The first-order chi connectivity index (χ1) is 50.5. The first-order valence-corrected chi connectivity index (χ1v) is 33.9. The summed E-state index contributed by atoms with van der Waals surface area (Å²) in [5.41, 5.74) is 5.11. The molecule has 23 nitrogen and oxygen atoms in total. The number of allylic oxidation sites excluding steroid dienone is 2. The number of fused-ring (bicyclic) bond motifs is 4. The van der Waals surface area contributed by atoms with E-state index in [2.05, 4.69) is 23.4 Å².